The molecule has 0 heterocycles. The normalized spacial score (nSPS) is 14.9. The van der Waals surface area contributed by atoms with Crippen LogP contribution in [0.5, 0.6) is 0 Å². The van der Waals surface area contributed by atoms with Crippen molar-refractivity contribution in [3.8, 4) is 0 Å². The lowest BCUT2D eigenvalue weighted by Gasteiger charge is -2.20. The van der Waals surface area contributed by atoms with Crippen molar-refractivity contribution in [1.82, 2.24) is 5.32 Å². The van der Waals surface area contributed by atoms with E-state index < -0.39 is 9.84 Å². The molecule has 0 radical (unpaired) electrons. The quantitative estimate of drug-likeness (QED) is 0.800. The number of hydrogen-bond acceptors (Lipinski definition) is 3. The molecule has 1 rings (SSSR count). The van der Waals surface area contributed by atoms with Crippen LogP contribution in [-0.4, -0.2) is 26.5 Å². The molecule has 0 amide bonds. The number of nitrogens with one attached hydrogen (secondary N) is 1. The Bertz CT molecular complexity index is 532. The monoisotopic (exact) mass is 311 g/mol. The predicted molar refractivity (Wildman–Crippen MR) is 90.4 cm³/mol. The molecule has 0 aliphatic rings. The molecule has 21 heavy (non-hydrogen) atoms. The molecule has 4 heteroatoms. The van der Waals surface area contributed by atoms with Gasteiger partial charge in [-0.05, 0) is 31.9 Å². The summed E-state index contributed by atoms with van der Waals surface area (Å²) in [4.78, 5) is 0. The van der Waals surface area contributed by atoms with Gasteiger partial charge in [-0.25, -0.2) is 8.42 Å². The fraction of sp³-hybridized carbons (Fsp3) is 0.647. The fourth-order valence-electron chi connectivity index (χ4n) is 2.60. The smallest absolute Gasteiger partial charge is 0.152 e. The lowest BCUT2D eigenvalue weighted by atomic mass is 10.0. The van der Waals surface area contributed by atoms with Crippen molar-refractivity contribution >= 4 is 9.84 Å². The van der Waals surface area contributed by atoms with Crippen LogP contribution in [-0.2, 0) is 9.84 Å². The van der Waals surface area contributed by atoms with Gasteiger partial charge < -0.3 is 5.32 Å². The Labute approximate surface area is 130 Å². The minimum Gasteiger partial charge on any atom is -0.309 e. The van der Waals surface area contributed by atoms with Crippen LogP contribution in [0.25, 0.3) is 0 Å². The first-order chi connectivity index (χ1) is 9.77. The minimum absolute atomic E-state index is 0.123. The van der Waals surface area contributed by atoms with Gasteiger partial charge in [-0.2, -0.15) is 0 Å². The first kappa shape index (κ1) is 18.2. The standard InChI is InChI=1S/C17H29NO2S/c1-6-13(3)11-21(19,20)12-17(18-7-2)16-9-14(4)8-15(5)10-16/h8-10,13,17-18H,6-7,11-12H2,1-5H3. The molecular weight excluding hydrogens is 282 g/mol. The lowest BCUT2D eigenvalue weighted by Crippen LogP contribution is -2.30. The van der Waals surface area contributed by atoms with E-state index in [9.17, 15) is 8.42 Å². The summed E-state index contributed by atoms with van der Waals surface area (Å²) in [5.74, 6) is 0.668. The molecule has 1 aromatic rings. The van der Waals surface area contributed by atoms with E-state index >= 15 is 0 Å². The molecule has 0 aliphatic carbocycles. The summed E-state index contributed by atoms with van der Waals surface area (Å²) >= 11 is 0. The summed E-state index contributed by atoms with van der Waals surface area (Å²) in [6, 6.07) is 6.15. The molecule has 0 saturated carbocycles. The molecule has 0 aromatic heterocycles. The Balaban J connectivity index is 2.96. The first-order valence-corrected chi connectivity index (χ1v) is 9.61. The topological polar surface area (TPSA) is 46.2 Å². The Kier molecular flexibility index (Phi) is 6.88. The highest BCUT2D eigenvalue weighted by molar-refractivity contribution is 7.91. The van der Waals surface area contributed by atoms with E-state index in [0.717, 1.165) is 18.5 Å². The van der Waals surface area contributed by atoms with E-state index in [4.69, 9.17) is 0 Å². The second-order valence-corrected chi connectivity index (χ2v) is 8.28. The number of sulfone groups is 1. The third kappa shape index (κ3) is 6.18. The van der Waals surface area contributed by atoms with E-state index in [1.54, 1.807) is 0 Å². The lowest BCUT2D eigenvalue weighted by molar-refractivity contribution is 0.540. The van der Waals surface area contributed by atoms with Gasteiger partial charge in [0.1, 0.15) is 0 Å². The molecule has 0 saturated heterocycles. The number of benzene rings is 1. The second-order valence-electron chi connectivity index (χ2n) is 6.12. The van der Waals surface area contributed by atoms with Crippen molar-refractivity contribution in [1.29, 1.82) is 0 Å². The summed E-state index contributed by atoms with van der Waals surface area (Å²) in [5, 5.41) is 3.32. The van der Waals surface area contributed by atoms with E-state index in [0.29, 0.717) is 0 Å². The molecule has 0 spiro atoms. The van der Waals surface area contributed by atoms with Crippen LogP contribution in [0.4, 0.5) is 0 Å². The van der Waals surface area contributed by atoms with Gasteiger partial charge in [0.05, 0.1) is 11.5 Å². The highest BCUT2D eigenvalue weighted by Crippen LogP contribution is 2.20. The molecule has 1 N–H and O–H groups in total. The summed E-state index contributed by atoms with van der Waals surface area (Å²) in [5.41, 5.74) is 3.42. The van der Waals surface area contributed by atoms with Gasteiger partial charge in [0.15, 0.2) is 9.84 Å². The molecule has 1 aromatic carbocycles. The zero-order valence-corrected chi connectivity index (χ0v) is 14.8. The Morgan fingerprint density at radius 3 is 2.10 bits per heavy atom. The molecular formula is C17H29NO2S. The molecule has 0 bridgehead atoms. The van der Waals surface area contributed by atoms with E-state index in [2.05, 4.69) is 23.5 Å². The Morgan fingerprint density at radius 2 is 1.62 bits per heavy atom. The van der Waals surface area contributed by atoms with Gasteiger partial charge in [-0.15, -0.1) is 0 Å². The zero-order chi connectivity index (χ0) is 16.0. The summed E-state index contributed by atoms with van der Waals surface area (Å²) in [6.07, 6.45) is 0.897. The average Bonchev–Trinajstić information content (AvgIpc) is 2.36. The predicted octanol–water partition coefficient (Wildman–Crippen LogP) is 3.41. The highest BCUT2D eigenvalue weighted by Gasteiger charge is 2.22. The third-order valence-corrected chi connectivity index (χ3v) is 5.67. The van der Waals surface area contributed by atoms with E-state index in [1.807, 2.05) is 34.6 Å². The summed E-state index contributed by atoms with van der Waals surface area (Å²) in [7, 11) is -3.05. The zero-order valence-electron chi connectivity index (χ0n) is 13.9. The summed E-state index contributed by atoms with van der Waals surface area (Å²) in [6.45, 7) is 10.9. The number of hydrogen-bond donors (Lipinski definition) is 1. The second kappa shape index (κ2) is 7.95. The molecule has 0 aliphatic heterocycles. The van der Waals surface area contributed by atoms with Crippen LogP contribution in [0.1, 0.15) is 49.9 Å². The van der Waals surface area contributed by atoms with Crippen LogP contribution in [0.2, 0.25) is 0 Å². The fourth-order valence-corrected chi connectivity index (χ4v) is 4.66. The summed E-state index contributed by atoms with van der Waals surface area (Å²) < 4.78 is 24.8. The SMILES string of the molecule is CCNC(CS(=O)(=O)CC(C)CC)c1cc(C)cc(C)c1. The maximum absolute atomic E-state index is 12.4. The maximum Gasteiger partial charge on any atom is 0.152 e. The van der Waals surface area contributed by atoms with Gasteiger partial charge >= 0.3 is 0 Å². The van der Waals surface area contributed by atoms with Gasteiger partial charge in [-0.3, -0.25) is 0 Å². The largest absolute Gasteiger partial charge is 0.309 e. The van der Waals surface area contributed by atoms with Crippen molar-refractivity contribution in [2.45, 2.75) is 47.1 Å². The molecule has 3 nitrogen and oxygen atoms in total. The van der Waals surface area contributed by atoms with Crippen molar-refractivity contribution in [3.05, 3.63) is 34.9 Å². The maximum atomic E-state index is 12.4. The van der Waals surface area contributed by atoms with Gasteiger partial charge in [0, 0.05) is 6.04 Å². The number of aryl methyl sites for hydroxylation is 2. The molecule has 2 unspecified atom stereocenters. The number of rotatable bonds is 8. The first-order valence-electron chi connectivity index (χ1n) is 7.79. The van der Waals surface area contributed by atoms with Crippen molar-refractivity contribution in [3.63, 3.8) is 0 Å². The van der Waals surface area contributed by atoms with Crippen LogP contribution >= 0.6 is 0 Å². The van der Waals surface area contributed by atoms with Crippen LogP contribution in [0.15, 0.2) is 18.2 Å². The minimum atomic E-state index is -3.05. The van der Waals surface area contributed by atoms with Crippen LogP contribution in [0.3, 0.4) is 0 Å². The molecule has 2 atom stereocenters. The van der Waals surface area contributed by atoms with Gasteiger partial charge in [0.2, 0.25) is 0 Å². The van der Waals surface area contributed by atoms with E-state index in [-0.39, 0.29) is 23.5 Å². The molecule has 0 fully saturated rings. The van der Waals surface area contributed by atoms with Crippen LogP contribution < -0.4 is 5.32 Å². The Hall–Kier alpha value is -0.870. The average molecular weight is 311 g/mol. The van der Waals surface area contributed by atoms with Crippen LogP contribution in [0, 0.1) is 19.8 Å². The third-order valence-electron chi connectivity index (χ3n) is 3.75. The Morgan fingerprint density at radius 1 is 1.05 bits per heavy atom. The van der Waals surface area contributed by atoms with E-state index in [1.165, 1.54) is 11.1 Å². The van der Waals surface area contributed by atoms with Gasteiger partial charge in [-0.1, -0.05) is 56.5 Å². The van der Waals surface area contributed by atoms with Gasteiger partial charge in [0.25, 0.3) is 0 Å². The van der Waals surface area contributed by atoms with Crippen molar-refractivity contribution < 1.29 is 8.42 Å². The van der Waals surface area contributed by atoms with Crippen molar-refractivity contribution in [2.24, 2.45) is 5.92 Å². The highest BCUT2D eigenvalue weighted by atomic mass is 32.2. The molecule has 120 valence electrons. The van der Waals surface area contributed by atoms with Crippen molar-refractivity contribution in [2.75, 3.05) is 18.1 Å².